The molecule has 30 heavy (non-hydrogen) atoms. The highest BCUT2D eigenvalue weighted by Gasteiger charge is 2.31. The van der Waals surface area contributed by atoms with Crippen LogP contribution in [-0.4, -0.2) is 59.5 Å². The monoisotopic (exact) mass is 410 g/mol. The van der Waals surface area contributed by atoms with Gasteiger partial charge in [-0.25, -0.2) is 0 Å². The SMILES string of the molecule is CC(C)Cn1nc(C(=O)N2CCOCC2)c2c1CC[C@H](NCCc1ccccc1)C2. The molecule has 6 heteroatoms. The van der Waals surface area contributed by atoms with Crippen LogP contribution in [0.25, 0.3) is 0 Å². The number of nitrogens with zero attached hydrogens (tertiary/aromatic N) is 3. The van der Waals surface area contributed by atoms with Crippen LogP contribution in [0.3, 0.4) is 0 Å². The van der Waals surface area contributed by atoms with Crippen molar-refractivity contribution in [3.63, 3.8) is 0 Å². The molecule has 1 aliphatic carbocycles. The number of morpholine rings is 1. The summed E-state index contributed by atoms with van der Waals surface area (Å²) in [5.74, 6) is 0.573. The Labute approximate surface area is 179 Å². The van der Waals surface area contributed by atoms with E-state index in [1.807, 2.05) is 4.90 Å². The van der Waals surface area contributed by atoms with Gasteiger partial charge in [0.15, 0.2) is 5.69 Å². The summed E-state index contributed by atoms with van der Waals surface area (Å²) in [6, 6.07) is 11.0. The lowest BCUT2D eigenvalue weighted by Gasteiger charge is -2.28. The number of rotatable bonds is 7. The molecular weight excluding hydrogens is 376 g/mol. The van der Waals surface area contributed by atoms with E-state index in [4.69, 9.17) is 9.84 Å². The smallest absolute Gasteiger partial charge is 0.274 e. The van der Waals surface area contributed by atoms with Crippen molar-refractivity contribution >= 4 is 5.91 Å². The Hall–Kier alpha value is -2.18. The van der Waals surface area contributed by atoms with Crippen LogP contribution in [0.1, 0.15) is 47.6 Å². The molecule has 6 nitrogen and oxygen atoms in total. The van der Waals surface area contributed by atoms with Crippen LogP contribution in [0.4, 0.5) is 0 Å². The summed E-state index contributed by atoms with van der Waals surface area (Å²) in [5, 5.41) is 8.55. The van der Waals surface area contributed by atoms with Gasteiger partial charge in [0, 0.05) is 36.9 Å². The highest BCUT2D eigenvalue weighted by molar-refractivity contribution is 5.94. The van der Waals surface area contributed by atoms with Gasteiger partial charge in [-0.05, 0) is 43.7 Å². The van der Waals surface area contributed by atoms with Crippen LogP contribution in [0.15, 0.2) is 30.3 Å². The van der Waals surface area contributed by atoms with E-state index in [-0.39, 0.29) is 5.91 Å². The summed E-state index contributed by atoms with van der Waals surface area (Å²) in [5.41, 5.74) is 4.45. The second-order valence-corrected chi connectivity index (χ2v) is 8.88. The zero-order valence-electron chi connectivity index (χ0n) is 18.3. The van der Waals surface area contributed by atoms with Gasteiger partial charge in [-0.15, -0.1) is 0 Å². The molecule has 0 bridgehead atoms. The molecule has 0 spiro atoms. The Bertz CT molecular complexity index is 840. The second-order valence-electron chi connectivity index (χ2n) is 8.88. The average Bonchev–Trinajstić information content (AvgIpc) is 3.11. The lowest BCUT2D eigenvalue weighted by atomic mass is 9.90. The Morgan fingerprint density at radius 1 is 1.23 bits per heavy atom. The number of hydrogen-bond donors (Lipinski definition) is 1. The first-order valence-electron chi connectivity index (χ1n) is 11.3. The molecule has 4 rings (SSSR count). The summed E-state index contributed by atoms with van der Waals surface area (Å²) >= 11 is 0. The molecule has 0 saturated carbocycles. The normalized spacial score (nSPS) is 19.2. The molecule has 2 heterocycles. The van der Waals surface area contributed by atoms with E-state index in [0.717, 1.165) is 44.3 Å². The number of carbonyl (C=O) groups is 1. The van der Waals surface area contributed by atoms with Crippen molar-refractivity contribution in [1.29, 1.82) is 0 Å². The number of aromatic nitrogens is 2. The number of carbonyl (C=O) groups excluding carboxylic acids is 1. The average molecular weight is 411 g/mol. The Kier molecular flexibility index (Phi) is 6.85. The Morgan fingerprint density at radius 3 is 2.73 bits per heavy atom. The number of ether oxygens (including phenoxy) is 1. The third kappa shape index (κ3) is 4.93. The first kappa shape index (κ1) is 21.1. The van der Waals surface area contributed by atoms with Crippen molar-refractivity contribution in [3.05, 3.63) is 52.8 Å². The fraction of sp³-hybridized carbons (Fsp3) is 0.583. The molecule has 1 atom stereocenters. The van der Waals surface area contributed by atoms with Gasteiger partial charge in [0.2, 0.25) is 0 Å². The molecule has 1 aliphatic heterocycles. The predicted molar refractivity (Wildman–Crippen MR) is 118 cm³/mol. The van der Waals surface area contributed by atoms with Crippen LogP contribution in [-0.2, 0) is 30.5 Å². The minimum atomic E-state index is 0.0713. The summed E-state index contributed by atoms with van der Waals surface area (Å²) in [7, 11) is 0. The van der Waals surface area contributed by atoms with Crippen molar-refractivity contribution in [3.8, 4) is 0 Å². The second kappa shape index (κ2) is 9.75. The maximum absolute atomic E-state index is 13.3. The topological polar surface area (TPSA) is 59.4 Å². The van der Waals surface area contributed by atoms with Gasteiger partial charge in [-0.1, -0.05) is 44.2 Å². The molecule has 1 aromatic carbocycles. The van der Waals surface area contributed by atoms with E-state index in [1.165, 1.54) is 11.3 Å². The number of amides is 1. The van der Waals surface area contributed by atoms with Gasteiger partial charge in [-0.2, -0.15) is 5.10 Å². The van der Waals surface area contributed by atoms with E-state index in [1.54, 1.807) is 0 Å². The maximum Gasteiger partial charge on any atom is 0.274 e. The fourth-order valence-corrected chi connectivity index (χ4v) is 4.51. The third-order valence-corrected chi connectivity index (χ3v) is 6.08. The Balaban J connectivity index is 1.47. The van der Waals surface area contributed by atoms with Crippen LogP contribution in [0, 0.1) is 5.92 Å². The zero-order valence-corrected chi connectivity index (χ0v) is 18.3. The summed E-state index contributed by atoms with van der Waals surface area (Å²) in [4.78, 5) is 15.2. The highest BCUT2D eigenvalue weighted by Crippen LogP contribution is 2.27. The molecule has 1 fully saturated rings. The molecule has 2 aromatic rings. The number of benzene rings is 1. The van der Waals surface area contributed by atoms with Crippen molar-refractivity contribution in [1.82, 2.24) is 20.0 Å². The minimum absolute atomic E-state index is 0.0713. The van der Waals surface area contributed by atoms with Crippen LogP contribution in [0.5, 0.6) is 0 Å². The van der Waals surface area contributed by atoms with Gasteiger partial charge in [0.1, 0.15) is 0 Å². The molecule has 1 N–H and O–H groups in total. The largest absolute Gasteiger partial charge is 0.378 e. The van der Waals surface area contributed by atoms with Crippen molar-refractivity contribution in [2.45, 2.75) is 52.1 Å². The highest BCUT2D eigenvalue weighted by atomic mass is 16.5. The van der Waals surface area contributed by atoms with Gasteiger partial charge in [-0.3, -0.25) is 9.48 Å². The summed E-state index contributed by atoms with van der Waals surface area (Å²) in [6.45, 7) is 8.77. The molecule has 1 saturated heterocycles. The predicted octanol–water partition coefficient (Wildman–Crippen LogP) is 2.70. The van der Waals surface area contributed by atoms with Gasteiger partial charge < -0.3 is 15.0 Å². The zero-order chi connectivity index (χ0) is 20.9. The first-order chi connectivity index (χ1) is 14.6. The molecular formula is C24H34N4O2. The Morgan fingerprint density at radius 2 is 2.00 bits per heavy atom. The molecule has 1 aromatic heterocycles. The van der Waals surface area contributed by atoms with E-state index in [2.05, 4.69) is 54.2 Å². The van der Waals surface area contributed by atoms with Crippen molar-refractivity contribution < 1.29 is 9.53 Å². The minimum Gasteiger partial charge on any atom is -0.378 e. The standard InChI is InChI=1S/C24H34N4O2/c1-18(2)17-28-22-9-8-20(25-11-10-19-6-4-3-5-7-19)16-21(22)23(26-28)24(29)27-12-14-30-15-13-27/h3-7,18,20,25H,8-17H2,1-2H3/t20-/m0/s1. The van der Waals surface area contributed by atoms with E-state index < -0.39 is 0 Å². The van der Waals surface area contributed by atoms with Crippen molar-refractivity contribution in [2.75, 3.05) is 32.8 Å². The quantitative estimate of drug-likeness (QED) is 0.763. The third-order valence-electron chi connectivity index (χ3n) is 6.08. The van der Waals surface area contributed by atoms with Crippen LogP contribution in [0.2, 0.25) is 0 Å². The van der Waals surface area contributed by atoms with E-state index in [9.17, 15) is 4.79 Å². The van der Waals surface area contributed by atoms with E-state index >= 15 is 0 Å². The lowest BCUT2D eigenvalue weighted by Crippen LogP contribution is -2.42. The number of nitrogens with one attached hydrogen (secondary N) is 1. The molecule has 1 amide bonds. The summed E-state index contributed by atoms with van der Waals surface area (Å²) in [6.07, 6.45) is 3.98. The first-order valence-corrected chi connectivity index (χ1v) is 11.3. The lowest BCUT2D eigenvalue weighted by molar-refractivity contribution is 0.0297. The molecule has 0 radical (unpaired) electrons. The molecule has 2 aliphatic rings. The maximum atomic E-state index is 13.3. The molecule has 0 unspecified atom stereocenters. The number of fused-ring (bicyclic) bond motifs is 1. The van der Waals surface area contributed by atoms with Gasteiger partial charge in [0.05, 0.1) is 13.2 Å². The molecule has 162 valence electrons. The fourth-order valence-electron chi connectivity index (χ4n) is 4.51. The van der Waals surface area contributed by atoms with E-state index in [0.29, 0.717) is 44.0 Å². The van der Waals surface area contributed by atoms with Crippen LogP contribution < -0.4 is 5.32 Å². The van der Waals surface area contributed by atoms with Gasteiger partial charge in [0.25, 0.3) is 5.91 Å². The summed E-state index contributed by atoms with van der Waals surface area (Å²) < 4.78 is 7.53. The number of hydrogen-bond acceptors (Lipinski definition) is 4. The van der Waals surface area contributed by atoms with Crippen molar-refractivity contribution in [2.24, 2.45) is 5.92 Å². The van der Waals surface area contributed by atoms with Crippen LogP contribution >= 0.6 is 0 Å². The van der Waals surface area contributed by atoms with Gasteiger partial charge >= 0.3 is 0 Å².